The van der Waals surface area contributed by atoms with Crippen molar-refractivity contribution in [1.82, 2.24) is 14.5 Å². The molecule has 1 aromatic rings. The van der Waals surface area contributed by atoms with Crippen molar-refractivity contribution in [2.24, 2.45) is 5.92 Å². The monoisotopic (exact) mass is 450 g/mol. The van der Waals surface area contributed by atoms with E-state index < -0.39 is 10.0 Å². The zero-order valence-electron chi connectivity index (χ0n) is 18.5. The highest BCUT2D eigenvalue weighted by Crippen LogP contribution is 2.21. The molecule has 2 amide bonds. The van der Waals surface area contributed by atoms with E-state index in [1.54, 1.807) is 12.1 Å². The highest BCUT2D eigenvalue weighted by atomic mass is 32.2. The second-order valence-corrected chi connectivity index (χ2v) is 10.9. The third-order valence-corrected chi connectivity index (χ3v) is 7.90. The van der Waals surface area contributed by atoms with Gasteiger partial charge in [0.15, 0.2) is 0 Å². The predicted octanol–water partition coefficient (Wildman–Crippen LogP) is 2.04. The lowest BCUT2D eigenvalue weighted by atomic mass is 9.93. The fourth-order valence-corrected chi connectivity index (χ4v) is 5.28. The Bertz CT molecular complexity index is 881. The summed E-state index contributed by atoms with van der Waals surface area (Å²) in [6, 6.07) is 6.54. The number of benzene rings is 1. The fraction of sp³-hybridized carbons (Fsp3) is 0.636. The number of nitrogens with one attached hydrogen (secondary N) is 2. The predicted molar refractivity (Wildman–Crippen MR) is 120 cm³/mol. The summed E-state index contributed by atoms with van der Waals surface area (Å²) in [6.45, 7) is 1.52. The van der Waals surface area contributed by atoms with Crippen LogP contribution in [0.1, 0.15) is 44.9 Å². The molecule has 172 valence electrons. The molecule has 1 saturated heterocycles. The lowest BCUT2D eigenvalue weighted by Gasteiger charge is -2.33. The van der Waals surface area contributed by atoms with E-state index in [0.717, 1.165) is 36.5 Å². The number of sulfonamides is 1. The maximum absolute atomic E-state index is 12.7. The maximum Gasteiger partial charge on any atom is 0.242 e. The van der Waals surface area contributed by atoms with Crippen LogP contribution in [0, 0.1) is 5.92 Å². The van der Waals surface area contributed by atoms with Crippen LogP contribution >= 0.6 is 0 Å². The number of nitrogens with zero attached hydrogens (tertiary/aromatic N) is 2. The van der Waals surface area contributed by atoms with E-state index in [1.165, 1.54) is 45.5 Å². The molecule has 1 atom stereocenters. The van der Waals surface area contributed by atoms with Crippen LogP contribution in [0.25, 0.3) is 0 Å². The van der Waals surface area contributed by atoms with Gasteiger partial charge in [-0.05, 0) is 50.4 Å². The molecule has 2 N–H and O–H groups in total. The first-order valence-corrected chi connectivity index (χ1v) is 12.5. The van der Waals surface area contributed by atoms with Crippen LogP contribution in [0.15, 0.2) is 29.2 Å². The minimum Gasteiger partial charge on any atom is -0.353 e. The third kappa shape index (κ3) is 6.51. The molecule has 0 aromatic heterocycles. The minimum absolute atomic E-state index is 0.0861. The van der Waals surface area contributed by atoms with Crippen LogP contribution in [0.3, 0.4) is 0 Å². The molecule has 2 fully saturated rings. The summed E-state index contributed by atoms with van der Waals surface area (Å²) in [7, 11) is -0.624. The van der Waals surface area contributed by atoms with Crippen molar-refractivity contribution < 1.29 is 18.0 Å². The normalized spacial score (nSPS) is 21.1. The van der Waals surface area contributed by atoms with Gasteiger partial charge in [-0.3, -0.25) is 14.5 Å². The molecule has 1 aliphatic carbocycles. The molecule has 0 bridgehead atoms. The van der Waals surface area contributed by atoms with E-state index in [4.69, 9.17) is 0 Å². The van der Waals surface area contributed by atoms with Crippen molar-refractivity contribution in [1.29, 1.82) is 0 Å². The first kappa shape index (κ1) is 23.7. The Kier molecular flexibility index (Phi) is 8.07. The van der Waals surface area contributed by atoms with Crippen molar-refractivity contribution in [3.63, 3.8) is 0 Å². The molecule has 1 aliphatic heterocycles. The molecule has 2 aliphatic rings. The second-order valence-electron chi connectivity index (χ2n) is 8.78. The smallest absolute Gasteiger partial charge is 0.242 e. The van der Waals surface area contributed by atoms with E-state index in [-0.39, 0.29) is 29.2 Å². The van der Waals surface area contributed by atoms with Gasteiger partial charge >= 0.3 is 0 Å². The number of hydrogen-bond donors (Lipinski definition) is 2. The number of rotatable bonds is 7. The fourth-order valence-electron chi connectivity index (χ4n) is 4.33. The summed E-state index contributed by atoms with van der Waals surface area (Å²) >= 11 is 0. The van der Waals surface area contributed by atoms with E-state index >= 15 is 0 Å². The number of likely N-dealkylation sites (tertiary alicyclic amines) is 1. The molecule has 1 saturated carbocycles. The SMILES string of the molecule is CN(C)S(=O)(=O)c1cccc(NC(=O)CN2CCCC(C(=O)NC3CCCCC3)C2)c1. The summed E-state index contributed by atoms with van der Waals surface area (Å²) in [5.74, 6) is -0.191. The van der Waals surface area contributed by atoms with Crippen molar-refractivity contribution in [2.75, 3.05) is 39.0 Å². The Hall–Kier alpha value is -1.97. The third-order valence-electron chi connectivity index (χ3n) is 6.09. The Labute approximate surface area is 185 Å². The number of carbonyl (C=O) groups excluding carboxylic acids is 2. The zero-order valence-corrected chi connectivity index (χ0v) is 19.3. The Balaban J connectivity index is 1.53. The van der Waals surface area contributed by atoms with Gasteiger partial charge < -0.3 is 10.6 Å². The zero-order chi connectivity index (χ0) is 22.4. The van der Waals surface area contributed by atoms with Gasteiger partial charge in [-0.25, -0.2) is 12.7 Å². The lowest BCUT2D eigenvalue weighted by molar-refractivity contribution is -0.128. The molecule has 0 spiro atoms. The Morgan fingerprint density at radius 2 is 1.84 bits per heavy atom. The number of hydrogen-bond acceptors (Lipinski definition) is 5. The van der Waals surface area contributed by atoms with Crippen molar-refractivity contribution in [2.45, 2.75) is 55.9 Å². The summed E-state index contributed by atoms with van der Waals surface area (Å²) in [6.07, 6.45) is 7.47. The van der Waals surface area contributed by atoms with Gasteiger partial charge in [0.2, 0.25) is 21.8 Å². The Morgan fingerprint density at radius 3 is 2.55 bits per heavy atom. The topological polar surface area (TPSA) is 98.8 Å². The highest BCUT2D eigenvalue weighted by molar-refractivity contribution is 7.89. The number of carbonyl (C=O) groups is 2. The van der Waals surface area contributed by atoms with E-state index in [9.17, 15) is 18.0 Å². The summed E-state index contributed by atoms with van der Waals surface area (Å²) in [5, 5.41) is 5.99. The lowest BCUT2D eigenvalue weighted by Crippen LogP contribution is -2.47. The number of anilines is 1. The quantitative estimate of drug-likeness (QED) is 0.662. The maximum atomic E-state index is 12.7. The molecular weight excluding hydrogens is 416 g/mol. The minimum atomic E-state index is -3.56. The summed E-state index contributed by atoms with van der Waals surface area (Å²) < 4.78 is 25.7. The van der Waals surface area contributed by atoms with Gasteiger partial charge in [-0.15, -0.1) is 0 Å². The molecule has 8 nitrogen and oxygen atoms in total. The van der Waals surface area contributed by atoms with Gasteiger partial charge in [0, 0.05) is 32.4 Å². The van der Waals surface area contributed by atoms with Gasteiger partial charge in [-0.1, -0.05) is 25.3 Å². The first-order valence-electron chi connectivity index (χ1n) is 11.1. The number of piperidine rings is 1. The largest absolute Gasteiger partial charge is 0.353 e. The molecule has 1 aromatic carbocycles. The molecule has 9 heteroatoms. The molecule has 0 radical (unpaired) electrons. The number of amides is 2. The van der Waals surface area contributed by atoms with Crippen LogP contribution in [0.2, 0.25) is 0 Å². The van der Waals surface area contributed by atoms with E-state index in [2.05, 4.69) is 10.6 Å². The van der Waals surface area contributed by atoms with Crippen molar-refractivity contribution in [3.05, 3.63) is 24.3 Å². The first-order chi connectivity index (χ1) is 14.8. The van der Waals surface area contributed by atoms with Crippen LogP contribution in [0.4, 0.5) is 5.69 Å². The van der Waals surface area contributed by atoms with Crippen LogP contribution in [0.5, 0.6) is 0 Å². The molecule has 1 heterocycles. The average molecular weight is 451 g/mol. The van der Waals surface area contributed by atoms with Crippen molar-refractivity contribution in [3.8, 4) is 0 Å². The molecule has 1 unspecified atom stereocenters. The Morgan fingerprint density at radius 1 is 1.10 bits per heavy atom. The molecular formula is C22H34N4O4S. The van der Waals surface area contributed by atoms with Gasteiger partial charge in [0.1, 0.15) is 0 Å². The van der Waals surface area contributed by atoms with Gasteiger partial charge in [-0.2, -0.15) is 0 Å². The molecule has 31 heavy (non-hydrogen) atoms. The van der Waals surface area contributed by atoms with E-state index in [1.807, 2.05) is 4.90 Å². The second kappa shape index (κ2) is 10.6. The summed E-state index contributed by atoms with van der Waals surface area (Å²) in [4.78, 5) is 27.4. The highest BCUT2D eigenvalue weighted by Gasteiger charge is 2.28. The van der Waals surface area contributed by atoms with Crippen molar-refractivity contribution >= 4 is 27.5 Å². The average Bonchev–Trinajstić information content (AvgIpc) is 2.74. The van der Waals surface area contributed by atoms with Gasteiger partial charge in [0.05, 0.1) is 17.4 Å². The van der Waals surface area contributed by atoms with Crippen LogP contribution < -0.4 is 10.6 Å². The van der Waals surface area contributed by atoms with Gasteiger partial charge in [0.25, 0.3) is 0 Å². The van der Waals surface area contributed by atoms with Crippen LogP contribution in [-0.2, 0) is 19.6 Å². The summed E-state index contributed by atoms with van der Waals surface area (Å²) in [5.41, 5.74) is 0.441. The van der Waals surface area contributed by atoms with Crippen LogP contribution in [-0.4, -0.2) is 69.2 Å². The molecule has 3 rings (SSSR count). The standard InChI is InChI=1S/C22H34N4O4S/c1-25(2)31(29,30)20-12-6-11-19(14-20)23-21(27)16-26-13-7-8-17(15-26)22(28)24-18-9-4-3-5-10-18/h6,11-12,14,17-18H,3-5,7-10,13,15-16H2,1-2H3,(H,23,27)(H,24,28). The van der Waals surface area contributed by atoms with E-state index in [0.29, 0.717) is 18.3 Å².